The Bertz CT molecular complexity index is 487. The van der Waals surface area contributed by atoms with Crippen LogP contribution in [0.5, 0.6) is 0 Å². The van der Waals surface area contributed by atoms with Crippen molar-refractivity contribution in [1.82, 2.24) is 19.9 Å². The number of aromatic nitrogens is 4. The van der Waals surface area contributed by atoms with E-state index < -0.39 is 11.9 Å². The first-order valence-corrected chi connectivity index (χ1v) is 4.35. The fourth-order valence-corrected chi connectivity index (χ4v) is 1.14. The zero-order valence-electron chi connectivity index (χ0n) is 8.19. The molecular formula is C8H7F3N4O. The lowest BCUT2D eigenvalue weighted by atomic mass is 10.4. The molecule has 0 aliphatic carbocycles. The minimum atomic E-state index is -4.43. The first-order chi connectivity index (χ1) is 7.45. The quantitative estimate of drug-likeness (QED) is 0.789. The van der Waals surface area contributed by atoms with Gasteiger partial charge in [-0.15, -0.1) is 0 Å². The Labute approximate surface area is 87.9 Å². The Morgan fingerprint density at radius 1 is 1.44 bits per heavy atom. The predicted molar refractivity (Wildman–Crippen MR) is 45.4 cm³/mol. The van der Waals surface area contributed by atoms with E-state index in [-0.39, 0.29) is 12.4 Å². The lowest BCUT2D eigenvalue weighted by Crippen LogP contribution is -2.08. The van der Waals surface area contributed by atoms with Crippen molar-refractivity contribution < 1.29 is 17.7 Å². The molecule has 5 nitrogen and oxygen atoms in total. The summed E-state index contributed by atoms with van der Waals surface area (Å²) < 4.78 is 42.5. The van der Waals surface area contributed by atoms with Crippen LogP contribution in [0.15, 0.2) is 16.8 Å². The van der Waals surface area contributed by atoms with Crippen LogP contribution in [0.4, 0.5) is 13.2 Å². The van der Waals surface area contributed by atoms with E-state index in [2.05, 4.69) is 15.2 Å². The minimum Gasteiger partial charge on any atom is -0.337 e. The zero-order valence-corrected chi connectivity index (χ0v) is 8.19. The molecule has 8 heteroatoms. The summed E-state index contributed by atoms with van der Waals surface area (Å²) >= 11 is 0. The summed E-state index contributed by atoms with van der Waals surface area (Å²) in [5, 5.41) is 6.87. The molecule has 0 unspecified atom stereocenters. The van der Waals surface area contributed by atoms with Crippen molar-refractivity contribution in [3.8, 4) is 0 Å². The van der Waals surface area contributed by atoms with E-state index in [1.54, 1.807) is 6.92 Å². The molecule has 0 aromatic carbocycles. The van der Waals surface area contributed by atoms with Gasteiger partial charge in [-0.1, -0.05) is 5.16 Å². The SMILES string of the molecule is Cc1noc(Cn2ccc(C(F)(F)F)n2)n1. The molecule has 0 bridgehead atoms. The van der Waals surface area contributed by atoms with E-state index >= 15 is 0 Å². The lowest BCUT2D eigenvalue weighted by Gasteiger charge is -2.00. The monoisotopic (exact) mass is 232 g/mol. The van der Waals surface area contributed by atoms with Crippen molar-refractivity contribution in [2.24, 2.45) is 0 Å². The van der Waals surface area contributed by atoms with Crippen molar-refractivity contribution in [2.45, 2.75) is 19.6 Å². The number of halogens is 3. The average molecular weight is 232 g/mol. The number of hydrogen-bond donors (Lipinski definition) is 0. The number of alkyl halides is 3. The first-order valence-electron chi connectivity index (χ1n) is 4.35. The van der Waals surface area contributed by atoms with Crippen molar-refractivity contribution in [3.63, 3.8) is 0 Å². The summed E-state index contributed by atoms with van der Waals surface area (Å²) in [7, 11) is 0. The molecule has 0 atom stereocenters. The topological polar surface area (TPSA) is 56.7 Å². The fourth-order valence-electron chi connectivity index (χ4n) is 1.14. The van der Waals surface area contributed by atoms with Gasteiger partial charge in [0.1, 0.15) is 6.54 Å². The average Bonchev–Trinajstić information content (AvgIpc) is 2.74. The lowest BCUT2D eigenvalue weighted by molar-refractivity contribution is -0.141. The molecule has 0 aliphatic rings. The van der Waals surface area contributed by atoms with Crippen molar-refractivity contribution >= 4 is 0 Å². The van der Waals surface area contributed by atoms with Gasteiger partial charge in [-0.2, -0.15) is 23.3 Å². The van der Waals surface area contributed by atoms with Gasteiger partial charge in [0.05, 0.1) is 0 Å². The summed E-state index contributed by atoms with van der Waals surface area (Å²) in [5.41, 5.74) is -0.941. The normalized spacial score (nSPS) is 12.0. The number of aryl methyl sites for hydroxylation is 1. The van der Waals surface area contributed by atoms with Gasteiger partial charge in [0.15, 0.2) is 11.5 Å². The number of rotatable bonds is 2. The third-order valence-corrected chi connectivity index (χ3v) is 1.80. The highest BCUT2D eigenvalue weighted by Crippen LogP contribution is 2.27. The molecular weight excluding hydrogens is 225 g/mol. The van der Waals surface area contributed by atoms with Crippen LogP contribution in [0.2, 0.25) is 0 Å². The molecule has 0 saturated carbocycles. The standard InChI is InChI=1S/C8H7F3N4O/c1-5-12-7(16-14-5)4-15-3-2-6(13-15)8(9,10)11/h2-3H,4H2,1H3. The molecule has 0 saturated heterocycles. The van der Waals surface area contributed by atoms with E-state index in [0.29, 0.717) is 5.82 Å². The Hall–Kier alpha value is -1.86. The zero-order chi connectivity index (χ0) is 11.8. The van der Waals surface area contributed by atoms with Crippen LogP contribution in [0, 0.1) is 6.92 Å². The second-order valence-corrected chi connectivity index (χ2v) is 3.13. The van der Waals surface area contributed by atoms with Gasteiger partial charge in [-0.05, 0) is 13.0 Å². The highest BCUT2D eigenvalue weighted by molar-refractivity contribution is 5.03. The summed E-state index contributed by atoms with van der Waals surface area (Å²) in [4.78, 5) is 3.86. The molecule has 0 fully saturated rings. The Balaban J connectivity index is 2.14. The molecule has 2 aromatic heterocycles. The van der Waals surface area contributed by atoms with Crippen LogP contribution in [0.3, 0.4) is 0 Å². The first kappa shape index (κ1) is 10.7. The molecule has 0 aliphatic heterocycles. The maximum Gasteiger partial charge on any atom is 0.435 e. The molecule has 0 spiro atoms. The van der Waals surface area contributed by atoms with Crippen LogP contribution >= 0.6 is 0 Å². The van der Waals surface area contributed by atoms with E-state index in [9.17, 15) is 13.2 Å². The van der Waals surface area contributed by atoms with Crippen LogP contribution in [0.25, 0.3) is 0 Å². The molecule has 2 aromatic rings. The van der Waals surface area contributed by atoms with Gasteiger partial charge in [-0.3, -0.25) is 4.68 Å². The highest BCUT2D eigenvalue weighted by Gasteiger charge is 2.33. The van der Waals surface area contributed by atoms with Crippen molar-refractivity contribution in [2.75, 3.05) is 0 Å². The van der Waals surface area contributed by atoms with Gasteiger partial charge in [-0.25, -0.2) is 0 Å². The van der Waals surface area contributed by atoms with Crippen molar-refractivity contribution in [3.05, 3.63) is 29.7 Å². The number of nitrogens with zero attached hydrogens (tertiary/aromatic N) is 4. The Kier molecular flexibility index (Phi) is 2.41. The van der Waals surface area contributed by atoms with E-state index in [4.69, 9.17) is 4.52 Å². The maximum atomic E-state index is 12.2. The second-order valence-electron chi connectivity index (χ2n) is 3.13. The summed E-state index contributed by atoms with van der Waals surface area (Å²) in [6.07, 6.45) is -3.22. The second kappa shape index (κ2) is 3.62. The van der Waals surface area contributed by atoms with Gasteiger partial charge < -0.3 is 4.52 Å². The minimum absolute atomic E-state index is 0.0247. The van der Waals surface area contributed by atoms with Gasteiger partial charge in [0.2, 0.25) is 5.89 Å². The van der Waals surface area contributed by atoms with Crippen LogP contribution in [0.1, 0.15) is 17.4 Å². The van der Waals surface area contributed by atoms with E-state index in [1.165, 1.54) is 6.20 Å². The summed E-state index contributed by atoms with van der Waals surface area (Å²) in [6, 6.07) is 0.892. The fraction of sp³-hybridized carbons (Fsp3) is 0.375. The van der Waals surface area contributed by atoms with Gasteiger partial charge in [0, 0.05) is 6.20 Å². The predicted octanol–water partition coefficient (Wildman–Crippen LogP) is 1.64. The summed E-state index contributed by atoms with van der Waals surface area (Å²) in [6.45, 7) is 1.65. The molecule has 0 amide bonds. The largest absolute Gasteiger partial charge is 0.435 e. The molecule has 86 valence electrons. The smallest absolute Gasteiger partial charge is 0.337 e. The molecule has 0 N–H and O–H groups in total. The molecule has 2 rings (SSSR count). The molecule has 2 heterocycles. The Morgan fingerprint density at radius 3 is 2.69 bits per heavy atom. The third kappa shape index (κ3) is 2.20. The van der Waals surface area contributed by atoms with Crippen molar-refractivity contribution in [1.29, 1.82) is 0 Å². The number of hydrogen-bond acceptors (Lipinski definition) is 4. The Morgan fingerprint density at radius 2 is 2.19 bits per heavy atom. The third-order valence-electron chi connectivity index (χ3n) is 1.80. The van der Waals surface area contributed by atoms with Gasteiger partial charge in [0.25, 0.3) is 0 Å². The van der Waals surface area contributed by atoms with E-state index in [0.717, 1.165) is 10.7 Å². The van der Waals surface area contributed by atoms with Crippen LogP contribution in [-0.2, 0) is 12.7 Å². The molecule has 16 heavy (non-hydrogen) atoms. The van der Waals surface area contributed by atoms with E-state index in [1.807, 2.05) is 0 Å². The molecule has 0 radical (unpaired) electrons. The maximum absolute atomic E-state index is 12.2. The van der Waals surface area contributed by atoms with Crippen LogP contribution in [-0.4, -0.2) is 19.9 Å². The summed E-state index contributed by atoms with van der Waals surface area (Å²) in [5.74, 6) is 0.646. The highest BCUT2D eigenvalue weighted by atomic mass is 19.4. The van der Waals surface area contributed by atoms with Gasteiger partial charge >= 0.3 is 6.18 Å². The van der Waals surface area contributed by atoms with Crippen LogP contribution < -0.4 is 0 Å².